The van der Waals surface area contributed by atoms with E-state index in [9.17, 15) is 0 Å². The first-order chi connectivity index (χ1) is 6.74. The lowest BCUT2D eigenvalue weighted by Gasteiger charge is -2.30. The maximum atomic E-state index is 2.36. The van der Waals surface area contributed by atoms with E-state index in [1.165, 1.54) is 57.8 Å². The largest absolute Gasteiger partial charge is 0.0654 e. The summed E-state index contributed by atoms with van der Waals surface area (Å²) < 4.78 is 0. The highest BCUT2D eigenvalue weighted by Crippen LogP contribution is 2.36. The fraction of sp³-hybridized carbons (Fsp3) is 1.00. The Morgan fingerprint density at radius 3 is 1.57 bits per heavy atom. The highest BCUT2D eigenvalue weighted by molar-refractivity contribution is 4.74. The van der Waals surface area contributed by atoms with Crippen molar-refractivity contribution in [2.45, 2.75) is 85.5 Å². The minimum absolute atomic E-state index is 0.673. The molecule has 0 aliphatic carbocycles. The topological polar surface area (TPSA) is 0 Å². The molecule has 0 radical (unpaired) electrons. The van der Waals surface area contributed by atoms with Gasteiger partial charge in [0.15, 0.2) is 0 Å². The van der Waals surface area contributed by atoms with E-state index in [4.69, 9.17) is 0 Å². The second-order valence-corrected chi connectivity index (χ2v) is 4.72. The molecular weight excluding hydrogens is 168 g/mol. The number of unbranched alkanes of at least 4 members (excludes halogenated alkanes) is 4. The smallest absolute Gasteiger partial charge is 0.0305 e. The molecule has 86 valence electrons. The zero-order chi connectivity index (χ0) is 10.9. The minimum Gasteiger partial charge on any atom is -0.0654 e. The van der Waals surface area contributed by atoms with E-state index in [0.717, 1.165) is 0 Å². The SMILES string of the molecule is CCCCCCCC(CC)(CC)CC. The molecule has 0 atom stereocenters. The van der Waals surface area contributed by atoms with Gasteiger partial charge >= 0.3 is 0 Å². The van der Waals surface area contributed by atoms with Crippen molar-refractivity contribution in [3.05, 3.63) is 0 Å². The Labute approximate surface area is 91.5 Å². The molecule has 0 nitrogen and oxygen atoms in total. The van der Waals surface area contributed by atoms with Crippen LogP contribution in [0.25, 0.3) is 0 Å². The van der Waals surface area contributed by atoms with Crippen molar-refractivity contribution < 1.29 is 0 Å². The molecule has 0 aliphatic heterocycles. The molecule has 0 aromatic heterocycles. The third-order valence-electron chi connectivity index (χ3n) is 4.06. The summed E-state index contributed by atoms with van der Waals surface area (Å²) in [4.78, 5) is 0. The highest BCUT2D eigenvalue weighted by Gasteiger charge is 2.22. The van der Waals surface area contributed by atoms with Crippen molar-refractivity contribution in [2.75, 3.05) is 0 Å². The van der Waals surface area contributed by atoms with Crippen LogP contribution >= 0.6 is 0 Å². The van der Waals surface area contributed by atoms with E-state index in [-0.39, 0.29) is 0 Å². The van der Waals surface area contributed by atoms with E-state index in [1.54, 1.807) is 0 Å². The molecule has 0 aromatic rings. The van der Waals surface area contributed by atoms with Crippen LogP contribution in [0.15, 0.2) is 0 Å². The van der Waals surface area contributed by atoms with Crippen LogP contribution < -0.4 is 0 Å². The summed E-state index contributed by atoms with van der Waals surface area (Å²) in [6.45, 7) is 9.37. The summed E-state index contributed by atoms with van der Waals surface area (Å²) in [5.41, 5.74) is 0.673. The standard InChI is InChI=1S/C14H30/c1-5-9-10-11-12-13-14(6-2,7-3)8-4/h5-13H2,1-4H3. The lowest BCUT2D eigenvalue weighted by Crippen LogP contribution is -2.17. The second-order valence-electron chi connectivity index (χ2n) is 4.72. The van der Waals surface area contributed by atoms with E-state index >= 15 is 0 Å². The Bertz CT molecular complexity index is 103. The second kappa shape index (κ2) is 8.32. The first-order valence-electron chi connectivity index (χ1n) is 6.74. The van der Waals surface area contributed by atoms with E-state index in [0.29, 0.717) is 5.41 Å². The third-order valence-corrected chi connectivity index (χ3v) is 4.06. The van der Waals surface area contributed by atoms with Gasteiger partial charge < -0.3 is 0 Å². The third kappa shape index (κ3) is 5.02. The van der Waals surface area contributed by atoms with Gasteiger partial charge in [0.1, 0.15) is 0 Å². The summed E-state index contributed by atoms with van der Waals surface area (Å²) in [5, 5.41) is 0. The molecule has 0 heteroatoms. The maximum Gasteiger partial charge on any atom is -0.0305 e. The molecule has 14 heavy (non-hydrogen) atoms. The van der Waals surface area contributed by atoms with Crippen molar-refractivity contribution in [2.24, 2.45) is 5.41 Å². The summed E-state index contributed by atoms with van der Waals surface area (Å²) in [6, 6.07) is 0. The number of hydrogen-bond donors (Lipinski definition) is 0. The molecule has 0 unspecified atom stereocenters. The van der Waals surface area contributed by atoms with Crippen molar-refractivity contribution in [1.82, 2.24) is 0 Å². The quantitative estimate of drug-likeness (QED) is 0.425. The van der Waals surface area contributed by atoms with Gasteiger partial charge in [-0.1, -0.05) is 79.1 Å². The molecule has 0 amide bonds. The van der Waals surface area contributed by atoms with Crippen LogP contribution in [0.3, 0.4) is 0 Å². The molecule has 0 spiro atoms. The lowest BCUT2D eigenvalue weighted by atomic mass is 9.75. The van der Waals surface area contributed by atoms with Gasteiger partial charge in [0.05, 0.1) is 0 Å². The van der Waals surface area contributed by atoms with Gasteiger partial charge in [0, 0.05) is 0 Å². The average molecular weight is 198 g/mol. The number of hydrogen-bond acceptors (Lipinski definition) is 0. The van der Waals surface area contributed by atoms with Crippen molar-refractivity contribution in [1.29, 1.82) is 0 Å². The summed E-state index contributed by atoms with van der Waals surface area (Å²) >= 11 is 0. The van der Waals surface area contributed by atoms with Gasteiger partial charge in [-0.2, -0.15) is 0 Å². The molecule has 0 saturated carbocycles. The Kier molecular flexibility index (Phi) is 8.32. The minimum atomic E-state index is 0.673. The van der Waals surface area contributed by atoms with Gasteiger partial charge in [-0.05, 0) is 11.8 Å². The summed E-state index contributed by atoms with van der Waals surface area (Å²) in [7, 11) is 0. The first kappa shape index (κ1) is 14.0. The van der Waals surface area contributed by atoms with Gasteiger partial charge in [0.25, 0.3) is 0 Å². The van der Waals surface area contributed by atoms with Crippen LogP contribution in [0.4, 0.5) is 0 Å². The van der Waals surface area contributed by atoms with Crippen LogP contribution in [0.5, 0.6) is 0 Å². The van der Waals surface area contributed by atoms with E-state index in [2.05, 4.69) is 27.7 Å². The summed E-state index contributed by atoms with van der Waals surface area (Å²) in [5.74, 6) is 0. The highest BCUT2D eigenvalue weighted by atomic mass is 14.3. The van der Waals surface area contributed by atoms with Crippen molar-refractivity contribution >= 4 is 0 Å². The Morgan fingerprint density at radius 1 is 0.643 bits per heavy atom. The Hall–Kier alpha value is 0. The molecule has 0 bridgehead atoms. The van der Waals surface area contributed by atoms with E-state index in [1.807, 2.05) is 0 Å². The van der Waals surface area contributed by atoms with Gasteiger partial charge in [-0.3, -0.25) is 0 Å². The fourth-order valence-corrected chi connectivity index (χ4v) is 2.38. The Balaban J connectivity index is 3.61. The molecular formula is C14H30. The van der Waals surface area contributed by atoms with Crippen LogP contribution in [0.2, 0.25) is 0 Å². The maximum absolute atomic E-state index is 2.36. The molecule has 0 heterocycles. The van der Waals surface area contributed by atoms with Gasteiger partial charge in [0.2, 0.25) is 0 Å². The Morgan fingerprint density at radius 2 is 1.14 bits per heavy atom. The molecule has 0 fully saturated rings. The monoisotopic (exact) mass is 198 g/mol. The molecule has 0 aliphatic rings. The first-order valence-corrected chi connectivity index (χ1v) is 6.74. The average Bonchev–Trinajstić information content (AvgIpc) is 2.24. The fourth-order valence-electron chi connectivity index (χ4n) is 2.38. The van der Waals surface area contributed by atoms with E-state index < -0.39 is 0 Å². The van der Waals surface area contributed by atoms with Crippen LogP contribution in [-0.4, -0.2) is 0 Å². The van der Waals surface area contributed by atoms with Gasteiger partial charge in [-0.25, -0.2) is 0 Å². The van der Waals surface area contributed by atoms with Crippen LogP contribution in [-0.2, 0) is 0 Å². The molecule has 0 saturated heterocycles. The van der Waals surface area contributed by atoms with Crippen LogP contribution in [0, 0.1) is 5.41 Å². The molecule has 0 N–H and O–H groups in total. The zero-order valence-electron chi connectivity index (χ0n) is 10.9. The summed E-state index contributed by atoms with van der Waals surface area (Å²) in [6.07, 6.45) is 12.7. The number of rotatable bonds is 9. The molecule has 0 rings (SSSR count). The molecule has 0 aromatic carbocycles. The predicted octanol–water partition coefficient (Wildman–Crippen LogP) is 5.56. The lowest BCUT2D eigenvalue weighted by molar-refractivity contribution is 0.220. The predicted molar refractivity (Wildman–Crippen MR) is 66.7 cm³/mol. The zero-order valence-corrected chi connectivity index (χ0v) is 10.9. The van der Waals surface area contributed by atoms with Gasteiger partial charge in [-0.15, -0.1) is 0 Å². The normalized spacial score (nSPS) is 12.0. The van der Waals surface area contributed by atoms with Crippen molar-refractivity contribution in [3.8, 4) is 0 Å². The van der Waals surface area contributed by atoms with Crippen LogP contribution in [0.1, 0.15) is 85.5 Å². The van der Waals surface area contributed by atoms with Crippen molar-refractivity contribution in [3.63, 3.8) is 0 Å².